The monoisotopic (exact) mass is 508 g/mol. The molecule has 0 atom stereocenters. The fourth-order valence-electron chi connectivity index (χ4n) is 5.25. The van der Waals surface area contributed by atoms with Gasteiger partial charge in [0.1, 0.15) is 12.4 Å². The Morgan fingerprint density at radius 1 is 0.892 bits per heavy atom. The van der Waals surface area contributed by atoms with E-state index in [0.29, 0.717) is 25.2 Å². The number of carbonyl (C=O) groups is 2. The quantitative estimate of drug-likeness (QED) is 0.597. The summed E-state index contributed by atoms with van der Waals surface area (Å²) in [5, 5.41) is 0. The van der Waals surface area contributed by atoms with Crippen LogP contribution in [0.1, 0.15) is 40.7 Å². The Morgan fingerprint density at radius 2 is 1.68 bits per heavy atom. The SMILES string of the molecule is COCC(=O)N1CCCN(C)CCN(C(=O)c2ccc(OC)c(CN3CCCC3)c2)Cc2ccccc21. The molecule has 0 unspecified atom stereocenters. The minimum Gasteiger partial charge on any atom is -0.496 e. The lowest BCUT2D eigenvalue weighted by molar-refractivity contribution is -0.122. The van der Waals surface area contributed by atoms with Gasteiger partial charge in [-0.3, -0.25) is 14.5 Å². The molecule has 2 aliphatic rings. The first-order valence-corrected chi connectivity index (χ1v) is 13.2. The molecule has 1 fully saturated rings. The van der Waals surface area contributed by atoms with Crippen LogP contribution in [-0.2, 0) is 22.6 Å². The van der Waals surface area contributed by atoms with Crippen LogP contribution in [0.2, 0.25) is 0 Å². The number of rotatable bonds is 6. The standard InChI is InChI=1S/C29H40N4O4/c1-30-13-8-16-33(28(34)22-36-2)26-10-5-4-9-24(26)21-32(18-17-30)29(35)23-11-12-27(37-3)25(19-23)20-31-14-6-7-15-31/h4-5,9-12,19H,6-8,13-18,20-22H2,1-3H3. The highest BCUT2D eigenvalue weighted by molar-refractivity contribution is 5.96. The molecule has 0 N–H and O–H groups in total. The largest absolute Gasteiger partial charge is 0.496 e. The fraction of sp³-hybridized carbons (Fsp3) is 0.517. The zero-order valence-corrected chi connectivity index (χ0v) is 22.4. The van der Waals surface area contributed by atoms with Crippen molar-refractivity contribution in [2.75, 3.05) is 72.0 Å². The van der Waals surface area contributed by atoms with Crippen LogP contribution in [0, 0.1) is 0 Å². The molecular formula is C29H40N4O4. The van der Waals surface area contributed by atoms with Crippen molar-refractivity contribution in [2.24, 2.45) is 0 Å². The van der Waals surface area contributed by atoms with Crippen molar-refractivity contribution in [3.63, 3.8) is 0 Å². The Hall–Kier alpha value is -2.94. The summed E-state index contributed by atoms with van der Waals surface area (Å²) in [6.45, 7) is 6.20. The van der Waals surface area contributed by atoms with E-state index in [0.717, 1.165) is 61.7 Å². The van der Waals surface area contributed by atoms with Gasteiger partial charge in [-0.1, -0.05) is 18.2 Å². The lowest BCUT2D eigenvalue weighted by Crippen LogP contribution is -2.37. The van der Waals surface area contributed by atoms with E-state index < -0.39 is 0 Å². The lowest BCUT2D eigenvalue weighted by atomic mass is 10.1. The van der Waals surface area contributed by atoms with Gasteiger partial charge in [-0.2, -0.15) is 0 Å². The molecule has 1 saturated heterocycles. The van der Waals surface area contributed by atoms with Crippen molar-refractivity contribution in [1.82, 2.24) is 14.7 Å². The highest BCUT2D eigenvalue weighted by Gasteiger charge is 2.24. The van der Waals surface area contributed by atoms with E-state index in [-0.39, 0.29) is 18.4 Å². The van der Waals surface area contributed by atoms with Crippen LogP contribution in [0.5, 0.6) is 5.75 Å². The Bertz CT molecular complexity index is 1070. The van der Waals surface area contributed by atoms with Gasteiger partial charge in [0.25, 0.3) is 11.8 Å². The molecule has 2 heterocycles. The summed E-state index contributed by atoms with van der Waals surface area (Å²) in [7, 11) is 5.29. The van der Waals surface area contributed by atoms with E-state index in [1.165, 1.54) is 20.0 Å². The third-order valence-corrected chi connectivity index (χ3v) is 7.29. The van der Waals surface area contributed by atoms with Crippen LogP contribution >= 0.6 is 0 Å². The summed E-state index contributed by atoms with van der Waals surface area (Å²) in [5.74, 6) is 0.734. The van der Waals surface area contributed by atoms with E-state index in [2.05, 4.69) is 16.8 Å². The Morgan fingerprint density at radius 3 is 2.43 bits per heavy atom. The predicted molar refractivity (Wildman–Crippen MR) is 145 cm³/mol. The number of carbonyl (C=O) groups excluding carboxylic acids is 2. The van der Waals surface area contributed by atoms with E-state index in [1.807, 2.05) is 52.3 Å². The normalized spacial score (nSPS) is 17.8. The summed E-state index contributed by atoms with van der Waals surface area (Å²) < 4.78 is 10.8. The van der Waals surface area contributed by atoms with E-state index in [9.17, 15) is 9.59 Å². The van der Waals surface area contributed by atoms with Crippen molar-refractivity contribution in [3.8, 4) is 5.75 Å². The second kappa shape index (κ2) is 13.0. The number of benzene rings is 2. The molecule has 0 bridgehead atoms. The molecule has 8 heteroatoms. The number of hydrogen-bond donors (Lipinski definition) is 0. The first-order valence-electron chi connectivity index (χ1n) is 13.2. The van der Waals surface area contributed by atoms with Crippen LogP contribution in [0.4, 0.5) is 5.69 Å². The number of nitrogens with zero attached hydrogens (tertiary/aromatic N) is 4. The molecule has 4 rings (SSSR count). The van der Waals surface area contributed by atoms with Gasteiger partial charge in [0.15, 0.2) is 0 Å². The molecule has 0 aromatic heterocycles. The van der Waals surface area contributed by atoms with E-state index in [4.69, 9.17) is 9.47 Å². The Kier molecular flexibility index (Phi) is 9.55. The summed E-state index contributed by atoms with van der Waals surface area (Å²) in [5.41, 5.74) is 3.51. The minimum absolute atomic E-state index is 0.0115. The molecule has 0 aliphatic carbocycles. The van der Waals surface area contributed by atoms with Crippen LogP contribution in [-0.4, -0.2) is 93.7 Å². The average molecular weight is 509 g/mol. The molecular weight excluding hydrogens is 468 g/mol. The predicted octanol–water partition coefficient (Wildman–Crippen LogP) is 3.25. The second-order valence-corrected chi connectivity index (χ2v) is 10.0. The maximum atomic E-state index is 13.9. The van der Waals surface area contributed by atoms with Crippen LogP contribution in [0.25, 0.3) is 0 Å². The number of para-hydroxylation sites is 1. The van der Waals surface area contributed by atoms with Gasteiger partial charge >= 0.3 is 0 Å². The summed E-state index contributed by atoms with van der Waals surface area (Å²) in [4.78, 5) is 35.2. The maximum absolute atomic E-state index is 13.9. The molecule has 37 heavy (non-hydrogen) atoms. The van der Waals surface area contributed by atoms with E-state index in [1.54, 1.807) is 7.11 Å². The summed E-state index contributed by atoms with van der Waals surface area (Å²) >= 11 is 0. The van der Waals surface area contributed by atoms with Crippen molar-refractivity contribution >= 4 is 17.5 Å². The molecule has 0 spiro atoms. The average Bonchev–Trinajstić information content (AvgIpc) is 3.41. The molecule has 2 aromatic rings. The van der Waals surface area contributed by atoms with Gasteiger partial charge in [0, 0.05) is 56.6 Å². The zero-order valence-electron chi connectivity index (χ0n) is 22.4. The van der Waals surface area contributed by atoms with Crippen LogP contribution < -0.4 is 9.64 Å². The van der Waals surface area contributed by atoms with Crippen LogP contribution in [0.3, 0.4) is 0 Å². The molecule has 2 amide bonds. The summed E-state index contributed by atoms with van der Waals surface area (Å²) in [6, 6.07) is 13.7. The Labute approximate surface area is 220 Å². The van der Waals surface area contributed by atoms with Gasteiger partial charge in [-0.05, 0) is 75.8 Å². The van der Waals surface area contributed by atoms with Crippen molar-refractivity contribution < 1.29 is 19.1 Å². The van der Waals surface area contributed by atoms with Gasteiger partial charge in [0.05, 0.1) is 7.11 Å². The number of methoxy groups -OCH3 is 2. The first kappa shape index (κ1) is 27.1. The number of anilines is 1. The molecule has 0 radical (unpaired) electrons. The van der Waals surface area contributed by atoms with Gasteiger partial charge in [0.2, 0.25) is 0 Å². The van der Waals surface area contributed by atoms with Crippen molar-refractivity contribution in [3.05, 3.63) is 59.2 Å². The third-order valence-electron chi connectivity index (χ3n) is 7.29. The van der Waals surface area contributed by atoms with Crippen molar-refractivity contribution in [1.29, 1.82) is 0 Å². The molecule has 200 valence electrons. The fourth-order valence-corrected chi connectivity index (χ4v) is 5.25. The summed E-state index contributed by atoms with van der Waals surface area (Å²) in [6.07, 6.45) is 3.27. The number of hydrogen-bond acceptors (Lipinski definition) is 6. The maximum Gasteiger partial charge on any atom is 0.254 e. The third kappa shape index (κ3) is 6.89. The Balaban J connectivity index is 1.64. The van der Waals surface area contributed by atoms with E-state index >= 15 is 0 Å². The van der Waals surface area contributed by atoms with Gasteiger partial charge in [-0.25, -0.2) is 0 Å². The smallest absolute Gasteiger partial charge is 0.254 e. The number of amides is 2. The zero-order chi connectivity index (χ0) is 26.2. The van der Waals surface area contributed by atoms with Crippen LogP contribution in [0.15, 0.2) is 42.5 Å². The van der Waals surface area contributed by atoms with Gasteiger partial charge in [-0.15, -0.1) is 0 Å². The first-order chi connectivity index (χ1) is 18.0. The molecule has 2 aliphatic heterocycles. The lowest BCUT2D eigenvalue weighted by Gasteiger charge is -2.28. The van der Waals surface area contributed by atoms with Crippen molar-refractivity contribution in [2.45, 2.75) is 32.4 Å². The number of likely N-dealkylation sites (tertiary alicyclic amines) is 1. The highest BCUT2D eigenvalue weighted by atomic mass is 16.5. The molecule has 2 aromatic carbocycles. The highest BCUT2D eigenvalue weighted by Crippen LogP contribution is 2.27. The number of likely N-dealkylation sites (N-methyl/N-ethyl adjacent to an activating group) is 1. The van der Waals surface area contributed by atoms with Gasteiger partial charge < -0.3 is 24.2 Å². The number of fused-ring (bicyclic) bond motifs is 1. The molecule has 8 nitrogen and oxygen atoms in total. The topological polar surface area (TPSA) is 65.6 Å². The molecule has 0 saturated carbocycles. The second-order valence-electron chi connectivity index (χ2n) is 10.0. The minimum atomic E-state index is -0.0727. The number of ether oxygens (including phenoxy) is 2.